The fraction of sp³-hybridized carbons (Fsp3) is 0.250. The number of aryl methyl sites for hydroxylation is 1. The van der Waals surface area contributed by atoms with E-state index in [1.54, 1.807) is 30.4 Å². The molecule has 0 atom stereocenters. The Hall–Kier alpha value is -2.55. The summed E-state index contributed by atoms with van der Waals surface area (Å²) in [4.78, 5) is 11.9. The first-order chi connectivity index (χ1) is 11.2. The van der Waals surface area contributed by atoms with E-state index in [4.69, 9.17) is 4.74 Å². The first kappa shape index (κ1) is 16.8. The Kier molecular flexibility index (Phi) is 6.42. The van der Waals surface area contributed by atoms with Gasteiger partial charge in [-0.15, -0.1) is 0 Å². The van der Waals surface area contributed by atoms with Gasteiger partial charge in [0.05, 0.1) is 7.11 Å². The van der Waals surface area contributed by atoms with Crippen molar-refractivity contribution in [1.29, 1.82) is 0 Å². The molecule has 23 heavy (non-hydrogen) atoms. The molecule has 0 saturated carbocycles. The van der Waals surface area contributed by atoms with Crippen molar-refractivity contribution >= 4 is 11.9 Å². The summed E-state index contributed by atoms with van der Waals surface area (Å²) >= 11 is 0. The van der Waals surface area contributed by atoms with E-state index in [0.717, 1.165) is 24.8 Å². The highest BCUT2D eigenvalue weighted by molar-refractivity contribution is 5.93. The number of hydrogen-bond donors (Lipinski definition) is 1. The normalized spacial score (nSPS) is 10.8. The molecular formula is C20H22O3. The van der Waals surface area contributed by atoms with Crippen molar-refractivity contribution in [3.63, 3.8) is 0 Å². The quantitative estimate of drug-likeness (QED) is 0.581. The first-order valence-corrected chi connectivity index (χ1v) is 7.81. The second-order valence-corrected chi connectivity index (χ2v) is 5.42. The lowest BCUT2D eigenvalue weighted by molar-refractivity contribution is -0.114. The molecular weight excluding hydrogens is 288 g/mol. The van der Waals surface area contributed by atoms with Gasteiger partial charge in [0.15, 0.2) is 17.3 Å². The Labute approximate surface area is 137 Å². The van der Waals surface area contributed by atoms with E-state index >= 15 is 0 Å². The number of ketones is 1. The van der Waals surface area contributed by atoms with Gasteiger partial charge in [-0.2, -0.15) is 0 Å². The summed E-state index contributed by atoms with van der Waals surface area (Å²) in [6.45, 7) is 0. The third-order valence-electron chi connectivity index (χ3n) is 3.65. The van der Waals surface area contributed by atoms with E-state index in [9.17, 15) is 9.90 Å². The van der Waals surface area contributed by atoms with Crippen molar-refractivity contribution in [3.05, 3.63) is 65.7 Å². The lowest BCUT2D eigenvalue weighted by Gasteiger charge is -2.03. The van der Waals surface area contributed by atoms with Crippen LogP contribution in [0.2, 0.25) is 0 Å². The minimum Gasteiger partial charge on any atom is -0.504 e. The SMILES string of the molecule is COc1ccc(/C=C/C(=O)CCCCc2ccccc2)cc1O. The van der Waals surface area contributed by atoms with Gasteiger partial charge >= 0.3 is 0 Å². The standard InChI is InChI=1S/C20H22O3/c1-23-20-14-12-17(15-19(20)22)11-13-18(21)10-6-5-9-16-7-3-2-4-8-16/h2-4,7-8,11-15,22H,5-6,9-10H2,1H3/b13-11+. The fourth-order valence-corrected chi connectivity index (χ4v) is 2.36. The number of phenolic OH excluding ortho intramolecular Hbond substituents is 1. The minimum atomic E-state index is 0.0740. The molecule has 0 aliphatic carbocycles. The van der Waals surface area contributed by atoms with Crippen LogP contribution in [0.1, 0.15) is 30.4 Å². The van der Waals surface area contributed by atoms with Crippen LogP contribution in [0.3, 0.4) is 0 Å². The Morgan fingerprint density at radius 2 is 1.91 bits per heavy atom. The smallest absolute Gasteiger partial charge is 0.160 e. The molecule has 0 aliphatic heterocycles. The topological polar surface area (TPSA) is 46.5 Å². The van der Waals surface area contributed by atoms with Gasteiger partial charge in [0.1, 0.15) is 0 Å². The molecule has 0 bridgehead atoms. The summed E-state index contributed by atoms with van der Waals surface area (Å²) in [7, 11) is 1.50. The van der Waals surface area contributed by atoms with Crippen LogP contribution in [0, 0.1) is 0 Å². The highest BCUT2D eigenvalue weighted by atomic mass is 16.5. The lowest BCUT2D eigenvalue weighted by atomic mass is 10.1. The Balaban J connectivity index is 1.75. The van der Waals surface area contributed by atoms with Crippen LogP contribution in [0.15, 0.2) is 54.6 Å². The largest absolute Gasteiger partial charge is 0.504 e. The molecule has 0 aromatic heterocycles. The molecule has 1 N–H and O–H groups in total. The van der Waals surface area contributed by atoms with E-state index < -0.39 is 0 Å². The highest BCUT2D eigenvalue weighted by Gasteiger charge is 2.02. The number of carbonyl (C=O) groups is 1. The van der Waals surface area contributed by atoms with Gasteiger partial charge in [-0.3, -0.25) is 4.79 Å². The molecule has 2 rings (SSSR count). The van der Waals surface area contributed by atoms with Crippen molar-refractivity contribution in [2.45, 2.75) is 25.7 Å². The second-order valence-electron chi connectivity index (χ2n) is 5.42. The van der Waals surface area contributed by atoms with Crippen LogP contribution >= 0.6 is 0 Å². The summed E-state index contributed by atoms with van der Waals surface area (Å²) in [6, 6.07) is 15.4. The molecule has 3 heteroatoms. The molecule has 3 nitrogen and oxygen atoms in total. The molecule has 0 radical (unpaired) electrons. The van der Waals surface area contributed by atoms with Crippen molar-refractivity contribution in [2.24, 2.45) is 0 Å². The maximum atomic E-state index is 11.9. The number of aromatic hydroxyl groups is 1. The number of hydrogen-bond acceptors (Lipinski definition) is 3. The molecule has 0 heterocycles. The summed E-state index contributed by atoms with van der Waals surface area (Å²) < 4.78 is 4.99. The Bertz CT molecular complexity index is 660. The summed E-state index contributed by atoms with van der Waals surface area (Å²) in [5.41, 5.74) is 2.09. The number of carbonyl (C=O) groups excluding carboxylic acids is 1. The van der Waals surface area contributed by atoms with Crippen molar-refractivity contribution < 1.29 is 14.6 Å². The number of unbranched alkanes of at least 4 members (excludes halogenated alkanes) is 1. The van der Waals surface area contributed by atoms with Gasteiger partial charge in [0, 0.05) is 6.42 Å². The maximum Gasteiger partial charge on any atom is 0.160 e. The third-order valence-corrected chi connectivity index (χ3v) is 3.65. The first-order valence-electron chi connectivity index (χ1n) is 7.81. The predicted molar refractivity (Wildman–Crippen MR) is 92.7 cm³/mol. The van der Waals surface area contributed by atoms with Gasteiger partial charge in [0.2, 0.25) is 0 Å². The van der Waals surface area contributed by atoms with Crippen molar-refractivity contribution in [2.75, 3.05) is 7.11 Å². The number of allylic oxidation sites excluding steroid dienone is 1. The molecule has 0 spiro atoms. The van der Waals surface area contributed by atoms with Gasteiger partial charge in [-0.1, -0.05) is 42.5 Å². The number of benzene rings is 2. The molecule has 0 amide bonds. The molecule has 0 aliphatic rings. The Morgan fingerprint density at radius 3 is 2.61 bits per heavy atom. The molecule has 0 fully saturated rings. The van der Waals surface area contributed by atoms with E-state index in [1.165, 1.54) is 12.7 Å². The van der Waals surface area contributed by atoms with E-state index in [2.05, 4.69) is 12.1 Å². The number of rotatable bonds is 8. The van der Waals surface area contributed by atoms with Crippen LogP contribution in [0.5, 0.6) is 11.5 Å². The number of ether oxygens (including phenoxy) is 1. The molecule has 0 unspecified atom stereocenters. The van der Waals surface area contributed by atoms with Gasteiger partial charge in [-0.25, -0.2) is 0 Å². The van der Waals surface area contributed by atoms with E-state index in [1.807, 2.05) is 18.2 Å². The highest BCUT2D eigenvalue weighted by Crippen LogP contribution is 2.26. The van der Waals surface area contributed by atoms with E-state index in [0.29, 0.717) is 12.2 Å². The van der Waals surface area contributed by atoms with Crippen molar-refractivity contribution in [3.8, 4) is 11.5 Å². The second kappa shape index (κ2) is 8.79. The molecule has 0 saturated heterocycles. The van der Waals surface area contributed by atoms with Crippen LogP contribution < -0.4 is 4.74 Å². The zero-order valence-electron chi connectivity index (χ0n) is 13.4. The van der Waals surface area contributed by atoms with Crippen molar-refractivity contribution in [1.82, 2.24) is 0 Å². The monoisotopic (exact) mass is 310 g/mol. The average Bonchev–Trinajstić information content (AvgIpc) is 2.58. The zero-order chi connectivity index (χ0) is 16.5. The number of methoxy groups -OCH3 is 1. The third kappa shape index (κ3) is 5.62. The summed E-state index contributed by atoms with van der Waals surface area (Å²) in [6.07, 6.45) is 6.73. The lowest BCUT2D eigenvalue weighted by Crippen LogP contribution is -1.93. The van der Waals surface area contributed by atoms with Crippen LogP contribution in [0.25, 0.3) is 6.08 Å². The zero-order valence-corrected chi connectivity index (χ0v) is 13.4. The van der Waals surface area contributed by atoms with Gasteiger partial charge < -0.3 is 9.84 Å². The predicted octanol–water partition coefficient (Wildman–Crippen LogP) is 4.40. The molecule has 120 valence electrons. The van der Waals surface area contributed by atoms with Gasteiger partial charge in [-0.05, 0) is 48.6 Å². The van der Waals surface area contributed by atoms with Crippen LogP contribution in [-0.2, 0) is 11.2 Å². The van der Waals surface area contributed by atoms with Crippen LogP contribution in [0.4, 0.5) is 0 Å². The van der Waals surface area contributed by atoms with Crippen LogP contribution in [-0.4, -0.2) is 18.0 Å². The molecule has 2 aromatic carbocycles. The van der Waals surface area contributed by atoms with Gasteiger partial charge in [0.25, 0.3) is 0 Å². The summed E-state index contributed by atoms with van der Waals surface area (Å²) in [5.74, 6) is 0.604. The summed E-state index contributed by atoms with van der Waals surface area (Å²) in [5, 5.41) is 9.69. The minimum absolute atomic E-state index is 0.0740. The fourth-order valence-electron chi connectivity index (χ4n) is 2.36. The maximum absolute atomic E-state index is 11.9. The average molecular weight is 310 g/mol. The molecule has 2 aromatic rings. The Morgan fingerprint density at radius 1 is 1.13 bits per heavy atom. The van der Waals surface area contributed by atoms with E-state index in [-0.39, 0.29) is 11.5 Å². The number of phenols is 1.